The first-order valence-corrected chi connectivity index (χ1v) is 8.84. The number of aliphatic imine (C=N–C) groups is 1. The quantitative estimate of drug-likeness (QED) is 0.819. The fourth-order valence-electron chi connectivity index (χ4n) is 3.25. The molecule has 26 heavy (non-hydrogen) atoms. The van der Waals surface area contributed by atoms with Crippen LogP contribution in [0.1, 0.15) is 24.5 Å². The molecule has 3 heterocycles. The summed E-state index contributed by atoms with van der Waals surface area (Å²) < 4.78 is 46.0. The highest BCUT2D eigenvalue weighted by molar-refractivity contribution is 7.13. The minimum Gasteiger partial charge on any atom is -0.467 e. The number of benzene rings is 1. The van der Waals surface area contributed by atoms with E-state index in [4.69, 9.17) is 4.74 Å². The molecule has 0 amide bonds. The van der Waals surface area contributed by atoms with Gasteiger partial charge in [0, 0.05) is 23.6 Å². The lowest BCUT2D eigenvalue weighted by atomic mass is 9.93. The average molecular weight is 381 g/mol. The zero-order chi connectivity index (χ0) is 18.5. The van der Waals surface area contributed by atoms with Gasteiger partial charge in [-0.3, -0.25) is 5.21 Å². The van der Waals surface area contributed by atoms with E-state index in [-0.39, 0.29) is 12.1 Å². The number of hydrogen-bond acceptors (Lipinski definition) is 6. The number of thiazole rings is 1. The molecule has 1 aromatic heterocycles. The van der Waals surface area contributed by atoms with Gasteiger partial charge in [0.1, 0.15) is 6.10 Å². The number of nitrogens with zero attached hydrogens (tertiary/aromatic N) is 3. The van der Waals surface area contributed by atoms with Crippen molar-refractivity contribution in [2.45, 2.75) is 32.0 Å². The first kappa shape index (κ1) is 17.0. The standard InChI is InChI=1S/C17H14F3N3O2S/c1-2-12-14-10(15(25-12)22-16-21-6-7-26-16)8-9-4-3-5-11(17(18,19)20)13(9)23(14)24/h3-7,12,24H,2,8H2,1H3. The number of halogens is 3. The van der Waals surface area contributed by atoms with Crippen LogP contribution in [0.5, 0.6) is 0 Å². The molecule has 2 aromatic rings. The number of anilines is 1. The van der Waals surface area contributed by atoms with Gasteiger partial charge in [-0.25, -0.2) is 10.0 Å². The Labute approximate surface area is 151 Å². The van der Waals surface area contributed by atoms with E-state index in [0.717, 1.165) is 6.07 Å². The molecule has 0 fully saturated rings. The van der Waals surface area contributed by atoms with Crippen molar-refractivity contribution in [3.63, 3.8) is 0 Å². The van der Waals surface area contributed by atoms with Crippen LogP contribution in [-0.4, -0.2) is 22.2 Å². The Hall–Kier alpha value is -2.39. The predicted molar refractivity (Wildman–Crippen MR) is 90.8 cm³/mol. The summed E-state index contributed by atoms with van der Waals surface area (Å²) in [7, 11) is 0. The first-order chi connectivity index (χ1) is 12.4. The van der Waals surface area contributed by atoms with Gasteiger partial charge in [0.05, 0.1) is 16.9 Å². The van der Waals surface area contributed by atoms with Gasteiger partial charge in [-0.2, -0.15) is 18.2 Å². The molecule has 4 rings (SSSR count). The van der Waals surface area contributed by atoms with E-state index in [1.807, 2.05) is 6.92 Å². The van der Waals surface area contributed by atoms with Crippen molar-refractivity contribution >= 4 is 28.1 Å². The van der Waals surface area contributed by atoms with Gasteiger partial charge in [0.25, 0.3) is 0 Å². The molecule has 9 heteroatoms. The summed E-state index contributed by atoms with van der Waals surface area (Å²) in [5.74, 6) is 0.295. The molecule has 0 saturated heterocycles. The van der Waals surface area contributed by atoms with Gasteiger partial charge in [0.15, 0.2) is 0 Å². The summed E-state index contributed by atoms with van der Waals surface area (Å²) >= 11 is 1.32. The van der Waals surface area contributed by atoms with Gasteiger partial charge in [-0.1, -0.05) is 19.1 Å². The summed E-state index contributed by atoms with van der Waals surface area (Å²) in [6.45, 7) is 1.83. The van der Waals surface area contributed by atoms with Gasteiger partial charge in [0.2, 0.25) is 11.0 Å². The molecule has 0 saturated carbocycles. The molecular weight excluding hydrogens is 367 g/mol. The van der Waals surface area contributed by atoms with Crippen molar-refractivity contribution in [3.8, 4) is 0 Å². The van der Waals surface area contributed by atoms with Gasteiger partial charge < -0.3 is 4.74 Å². The minimum atomic E-state index is -4.57. The van der Waals surface area contributed by atoms with E-state index in [1.165, 1.54) is 17.4 Å². The average Bonchev–Trinajstić information content (AvgIpc) is 3.22. The second-order valence-electron chi connectivity index (χ2n) is 5.91. The van der Waals surface area contributed by atoms with Crippen molar-refractivity contribution < 1.29 is 23.1 Å². The van der Waals surface area contributed by atoms with Crippen LogP contribution >= 0.6 is 11.3 Å². The van der Waals surface area contributed by atoms with Gasteiger partial charge >= 0.3 is 6.18 Å². The van der Waals surface area contributed by atoms with Gasteiger partial charge in [-0.15, -0.1) is 11.3 Å². The maximum atomic E-state index is 13.4. The minimum absolute atomic E-state index is 0.201. The maximum absolute atomic E-state index is 13.4. The number of ether oxygens (including phenoxy) is 1. The molecule has 1 N–H and O–H groups in total. The lowest BCUT2D eigenvalue weighted by molar-refractivity contribution is -0.137. The Morgan fingerprint density at radius 2 is 2.23 bits per heavy atom. The predicted octanol–water partition coefficient (Wildman–Crippen LogP) is 4.71. The van der Waals surface area contributed by atoms with Crippen molar-refractivity contribution in [2.75, 3.05) is 5.06 Å². The van der Waals surface area contributed by atoms with Crippen molar-refractivity contribution in [3.05, 3.63) is 52.2 Å². The van der Waals surface area contributed by atoms with Crippen LogP contribution in [0.3, 0.4) is 0 Å². The second kappa shape index (κ2) is 6.10. The number of aromatic nitrogens is 1. The van der Waals surface area contributed by atoms with E-state index in [0.29, 0.717) is 39.3 Å². The normalized spacial score (nSPS) is 21.0. The fraction of sp³-hybridized carbons (Fsp3) is 0.294. The first-order valence-electron chi connectivity index (χ1n) is 7.96. The Balaban J connectivity index is 1.84. The van der Waals surface area contributed by atoms with E-state index >= 15 is 0 Å². The summed E-state index contributed by atoms with van der Waals surface area (Å²) in [6.07, 6.45) is -2.84. The van der Waals surface area contributed by atoms with Crippen LogP contribution in [0.4, 0.5) is 24.0 Å². The highest BCUT2D eigenvalue weighted by Gasteiger charge is 2.44. The molecule has 2 aliphatic rings. The summed E-state index contributed by atoms with van der Waals surface area (Å²) in [5.41, 5.74) is 0.155. The Bertz CT molecular complexity index is 906. The van der Waals surface area contributed by atoms with Crippen LogP contribution in [0.25, 0.3) is 0 Å². The smallest absolute Gasteiger partial charge is 0.418 e. The molecule has 5 nitrogen and oxygen atoms in total. The highest BCUT2D eigenvalue weighted by Crippen LogP contribution is 2.46. The fourth-order valence-corrected chi connectivity index (χ4v) is 3.75. The van der Waals surface area contributed by atoms with E-state index in [9.17, 15) is 18.4 Å². The third-order valence-electron chi connectivity index (χ3n) is 4.35. The van der Waals surface area contributed by atoms with E-state index in [1.54, 1.807) is 17.6 Å². The monoisotopic (exact) mass is 381 g/mol. The summed E-state index contributed by atoms with van der Waals surface area (Å²) in [4.78, 5) is 8.44. The third kappa shape index (κ3) is 2.67. The van der Waals surface area contributed by atoms with Crippen LogP contribution in [0.15, 0.2) is 46.0 Å². The van der Waals surface area contributed by atoms with Crippen molar-refractivity contribution in [1.29, 1.82) is 0 Å². The van der Waals surface area contributed by atoms with Crippen LogP contribution in [-0.2, 0) is 17.3 Å². The third-order valence-corrected chi connectivity index (χ3v) is 5.01. The Kier molecular flexibility index (Phi) is 4.00. The SMILES string of the molecule is CCC1OC(=Nc2nccs2)C2=C1N(O)c1c(cccc1C(F)(F)F)C2. The molecule has 0 radical (unpaired) electrons. The van der Waals surface area contributed by atoms with Crippen LogP contribution < -0.4 is 5.06 Å². The molecule has 136 valence electrons. The zero-order valence-electron chi connectivity index (χ0n) is 13.6. The molecule has 1 atom stereocenters. The largest absolute Gasteiger partial charge is 0.467 e. The molecule has 0 bridgehead atoms. The van der Waals surface area contributed by atoms with E-state index in [2.05, 4.69) is 9.98 Å². The van der Waals surface area contributed by atoms with Crippen molar-refractivity contribution in [2.24, 2.45) is 4.99 Å². The Morgan fingerprint density at radius 3 is 2.88 bits per heavy atom. The van der Waals surface area contributed by atoms with Crippen LogP contribution in [0, 0.1) is 0 Å². The lowest BCUT2D eigenvalue weighted by Crippen LogP contribution is -2.31. The maximum Gasteiger partial charge on any atom is 0.418 e. The molecule has 1 aromatic carbocycles. The molecule has 2 aliphatic heterocycles. The number of hydrogen-bond donors (Lipinski definition) is 1. The van der Waals surface area contributed by atoms with Gasteiger partial charge in [-0.05, 0) is 18.1 Å². The molecule has 0 aliphatic carbocycles. The number of rotatable bonds is 2. The number of fused-ring (bicyclic) bond motifs is 1. The second-order valence-corrected chi connectivity index (χ2v) is 6.78. The molecular formula is C17H14F3N3O2S. The number of para-hydroxylation sites is 1. The topological polar surface area (TPSA) is 58.0 Å². The summed E-state index contributed by atoms with van der Waals surface area (Å²) in [5, 5.41) is 13.5. The summed E-state index contributed by atoms with van der Waals surface area (Å²) in [6, 6.07) is 3.87. The lowest BCUT2D eigenvalue weighted by Gasteiger charge is -2.30. The zero-order valence-corrected chi connectivity index (χ0v) is 14.4. The van der Waals surface area contributed by atoms with Crippen LogP contribution in [0.2, 0.25) is 0 Å². The van der Waals surface area contributed by atoms with Crippen molar-refractivity contribution in [1.82, 2.24) is 4.98 Å². The number of hydroxylamine groups is 1. The van der Waals surface area contributed by atoms with E-state index < -0.39 is 17.8 Å². The Morgan fingerprint density at radius 1 is 1.42 bits per heavy atom. The number of alkyl halides is 3. The highest BCUT2D eigenvalue weighted by atomic mass is 32.1. The molecule has 1 unspecified atom stereocenters. The molecule has 0 spiro atoms.